The number of urea groups is 1. The number of imidazole rings is 1. The van der Waals surface area contributed by atoms with Crippen molar-refractivity contribution in [3.05, 3.63) is 48.8 Å². The van der Waals surface area contributed by atoms with Crippen LogP contribution < -0.4 is 5.32 Å². The lowest BCUT2D eigenvalue weighted by molar-refractivity contribution is 0.174. The summed E-state index contributed by atoms with van der Waals surface area (Å²) in [5, 5.41) is 3.22. The zero-order chi connectivity index (χ0) is 18.2. The first kappa shape index (κ1) is 18.4. The number of aryl methyl sites for hydroxylation is 1. The van der Waals surface area contributed by atoms with Crippen LogP contribution in [-0.2, 0) is 13.1 Å². The molecule has 0 radical (unpaired) electrons. The SMILES string of the molecule is CN1CCCC(NC(=O)N(CCCn2ccnc2)Cc2cccnc2)C1. The molecular formula is C19H28N6O. The fourth-order valence-electron chi connectivity index (χ4n) is 3.38. The predicted molar refractivity (Wildman–Crippen MR) is 101 cm³/mol. The van der Waals surface area contributed by atoms with Crippen molar-refractivity contribution in [2.75, 3.05) is 26.7 Å². The molecule has 3 rings (SSSR count). The number of hydrogen-bond donors (Lipinski definition) is 1. The smallest absolute Gasteiger partial charge is 0.317 e. The Labute approximate surface area is 155 Å². The molecule has 1 atom stereocenters. The number of likely N-dealkylation sites (tertiary alicyclic amines) is 1. The maximum absolute atomic E-state index is 12.9. The molecule has 2 amide bonds. The van der Waals surface area contributed by atoms with Crippen LogP contribution in [0.5, 0.6) is 0 Å². The number of carbonyl (C=O) groups excluding carboxylic acids is 1. The second-order valence-electron chi connectivity index (χ2n) is 6.99. The lowest BCUT2D eigenvalue weighted by atomic mass is 10.1. The van der Waals surface area contributed by atoms with Gasteiger partial charge in [0.1, 0.15) is 0 Å². The van der Waals surface area contributed by atoms with Crippen LogP contribution in [0.2, 0.25) is 0 Å². The van der Waals surface area contributed by atoms with E-state index in [9.17, 15) is 4.79 Å². The summed E-state index contributed by atoms with van der Waals surface area (Å²) in [6, 6.07) is 4.16. The van der Waals surface area contributed by atoms with Crippen LogP contribution in [0.15, 0.2) is 43.2 Å². The zero-order valence-corrected chi connectivity index (χ0v) is 15.4. The number of amides is 2. The minimum atomic E-state index is 0.0137. The number of nitrogens with zero attached hydrogens (tertiary/aromatic N) is 5. The number of pyridine rings is 1. The number of likely N-dealkylation sites (N-methyl/N-ethyl adjacent to an activating group) is 1. The van der Waals surface area contributed by atoms with Gasteiger partial charge < -0.3 is 19.7 Å². The zero-order valence-electron chi connectivity index (χ0n) is 15.4. The van der Waals surface area contributed by atoms with Crippen molar-refractivity contribution in [1.82, 2.24) is 29.7 Å². The minimum Gasteiger partial charge on any atom is -0.337 e. The van der Waals surface area contributed by atoms with Gasteiger partial charge in [-0.3, -0.25) is 4.98 Å². The van der Waals surface area contributed by atoms with Crippen molar-refractivity contribution in [3.8, 4) is 0 Å². The molecule has 0 aromatic carbocycles. The number of rotatable bonds is 7. The lowest BCUT2D eigenvalue weighted by Gasteiger charge is -2.32. The van der Waals surface area contributed by atoms with E-state index >= 15 is 0 Å². The summed E-state index contributed by atoms with van der Waals surface area (Å²) in [7, 11) is 2.11. The molecule has 7 heteroatoms. The first-order valence-corrected chi connectivity index (χ1v) is 9.29. The summed E-state index contributed by atoms with van der Waals surface area (Å²) in [6.07, 6.45) is 12.2. The van der Waals surface area contributed by atoms with E-state index in [0.717, 1.165) is 44.5 Å². The van der Waals surface area contributed by atoms with Crippen molar-refractivity contribution in [1.29, 1.82) is 0 Å². The van der Waals surface area contributed by atoms with E-state index in [1.165, 1.54) is 0 Å². The Hall–Kier alpha value is -2.41. The van der Waals surface area contributed by atoms with E-state index in [1.807, 2.05) is 40.3 Å². The molecule has 0 bridgehead atoms. The third kappa shape index (κ3) is 5.56. The highest BCUT2D eigenvalue weighted by molar-refractivity contribution is 5.74. The average Bonchev–Trinajstić information content (AvgIpc) is 3.15. The van der Waals surface area contributed by atoms with E-state index in [2.05, 4.69) is 27.2 Å². The maximum atomic E-state index is 12.9. The number of hydrogen-bond acceptors (Lipinski definition) is 4. The second-order valence-corrected chi connectivity index (χ2v) is 6.99. The van der Waals surface area contributed by atoms with Crippen LogP contribution in [0.3, 0.4) is 0 Å². The lowest BCUT2D eigenvalue weighted by Crippen LogP contribution is -2.50. The Morgan fingerprint density at radius 1 is 1.38 bits per heavy atom. The average molecular weight is 356 g/mol. The van der Waals surface area contributed by atoms with E-state index in [1.54, 1.807) is 12.4 Å². The van der Waals surface area contributed by atoms with Crippen LogP contribution in [0.1, 0.15) is 24.8 Å². The first-order valence-electron chi connectivity index (χ1n) is 9.29. The molecule has 1 fully saturated rings. The second kappa shape index (κ2) is 9.33. The van der Waals surface area contributed by atoms with Gasteiger partial charge in [-0.2, -0.15) is 0 Å². The van der Waals surface area contributed by atoms with Gasteiger partial charge in [-0.15, -0.1) is 0 Å². The molecule has 1 N–H and O–H groups in total. The molecule has 2 aromatic rings. The molecule has 0 aliphatic carbocycles. The third-order valence-electron chi connectivity index (χ3n) is 4.74. The Balaban J connectivity index is 1.58. The predicted octanol–water partition coefficient (Wildman–Crippen LogP) is 1.97. The van der Waals surface area contributed by atoms with Gasteiger partial charge in [0.05, 0.1) is 6.33 Å². The monoisotopic (exact) mass is 356 g/mol. The standard InChI is InChI=1S/C19H28N6O/c1-23-9-3-6-18(15-23)22-19(26)25(14-17-5-2-7-20-13-17)11-4-10-24-12-8-21-16-24/h2,5,7-8,12-13,16,18H,3-4,6,9-11,14-15H2,1H3,(H,22,26). The van der Waals surface area contributed by atoms with E-state index in [-0.39, 0.29) is 12.1 Å². The number of nitrogens with one attached hydrogen (secondary N) is 1. The topological polar surface area (TPSA) is 66.3 Å². The van der Waals surface area contributed by atoms with E-state index < -0.39 is 0 Å². The summed E-state index contributed by atoms with van der Waals surface area (Å²) in [4.78, 5) is 25.3. The molecule has 1 aliphatic heterocycles. The Morgan fingerprint density at radius 2 is 2.31 bits per heavy atom. The van der Waals surface area contributed by atoms with Crippen molar-refractivity contribution < 1.29 is 4.79 Å². The molecule has 2 aromatic heterocycles. The van der Waals surface area contributed by atoms with Gasteiger partial charge in [-0.1, -0.05) is 6.07 Å². The summed E-state index contributed by atoms with van der Waals surface area (Å²) in [5.74, 6) is 0. The van der Waals surface area contributed by atoms with E-state index in [0.29, 0.717) is 13.1 Å². The van der Waals surface area contributed by atoms with Gasteiger partial charge in [0.2, 0.25) is 0 Å². The first-order chi connectivity index (χ1) is 12.7. The summed E-state index contributed by atoms with van der Waals surface area (Å²) in [5.41, 5.74) is 1.05. The Morgan fingerprint density at radius 3 is 3.04 bits per heavy atom. The highest BCUT2D eigenvalue weighted by Gasteiger charge is 2.22. The van der Waals surface area contributed by atoms with Gasteiger partial charge in [0.15, 0.2) is 0 Å². The summed E-state index contributed by atoms with van der Waals surface area (Å²) >= 11 is 0. The number of aromatic nitrogens is 3. The Kier molecular flexibility index (Phi) is 6.60. The molecule has 26 heavy (non-hydrogen) atoms. The number of piperidine rings is 1. The molecule has 1 aliphatic rings. The van der Waals surface area contributed by atoms with Crippen molar-refractivity contribution in [3.63, 3.8) is 0 Å². The van der Waals surface area contributed by atoms with Gasteiger partial charge in [-0.25, -0.2) is 9.78 Å². The highest BCUT2D eigenvalue weighted by Crippen LogP contribution is 2.10. The highest BCUT2D eigenvalue weighted by atomic mass is 16.2. The molecule has 0 saturated carbocycles. The largest absolute Gasteiger partial charge is 0.337 e. The molecule has 0 spiro atoms. The summed E-state index contributed by atoms with van der Waals surface area (Å²) in [6.45, 7) is 4.15. The van der Waals surface area contributed by atoms with Crippen LogP contribution >= 0.6 is 0 Å². The molecule has 140 valence electrons. The minimum absolute atomic E-state index is 0.0137. The van der Waals surface area contributed by atoms with E-state index in [4.69, 9.17) is 0 Å². The van der Waals surface area contributed by atoms with Crippen LogP contribution in [0.25, 0.3) is 0 Å². The van der Waals surface area contributed by atoms with Crippen LogP contribution in [0, 0.1) is 0 Å². The fourth-order valence-corrected chi connectivity index (χ4v) is 3.38. The van der Waals surface area contributed by atoms with Crippen LogP contribution in [-0.4, -0.2) is 63.1 Å². The molecule has 1 saturated heterocycles. The molecule has 1 unspecified atom stereocenters. The van der Waals surface area contributed by atoms with Crippen molar-refractivity contribution >= 4 is 6.03 Å². The van der Waals surface area contributed by atoms with Gasteiger partial charge in [-0.05, 0) is 44.5 Å². The maximum Gasteiger partial charge on any atom is 0.317 e. The van der Waals surface area contributed by atoms with Gasteiger partial charge >= 0.3 is 6.03 Å². The third-order valence-corrected chi connectivity index (χ3v) is 4.74. The van der Waals surface area contributed by atoms with Crippen molar-refractivity contribution in [2.24, 2.45) is 0 Å². The quantitative estimate of drug-likeness (QED) is 0.824. The van der Waals surface area contributed by atoms with Gasteiger partial charge in [0.25, 0.3) is 0 Å². The van der Waals surface area contributed by atoms with Crippen molar-refractivity contribution in [2.45, 2.75) is 38.4 Å². The summed E-state index contributed by atoms with van der Waals surface area (Å²) < 4.78 is 2.04. The Bertz CT molecular complexity index is 660. The van der Waals surface area contributed by atoms with Gasteiger partial charge in [0, 0.05) is 57.0 Å². The molecule has 7 nitrogen and oxygen atoms in total. The molecular weight excluding hydrogens is 328 g/mol. The normalized spacial score (nSPS) is 17.8. The molecule has 3 heterocycles. The number of carbonyl (C=O) groups is 1. The van der Waals surface area contributed by atoms with Crippen LogP contribution in [0.4, 0.5) is 4.79 Å². The fraction of sp³-hybridized carbons (Fsp3) is 0.526.